The lowest BCUT2D eigenvalue weighted by atomic mass is 9.59. The van der Waals surface area contributed by atoms with Gasteiger partial charge in [-0.05, 0) is 55.2 Å². The molecule has 0 saturated carbocycles. The predicted octanol–water partition coefficient (Wildman–Crippen LogP) is 6.35. The topological polar surface area (TPSA) is 93.3 Å². The molecule has 37 heavy (non-hydrogen) atoms. The molecule has 0 radical (unpaired) electrons. The van der Waals surface area contributed by atoms with Crippen LogP contribution in [0.3, 0.4) is 0 Å². The lowest BCUT2D eigenvalue weighted by Gasteiger charge is -2.44. The van der Waals surface area contributed by atoms with Crippen molar-refractivity contribution < 1.29 is 15.3 Å². The molecule has 0 aliphatic heterocycles. The lowest BCUT2D eigenvalue weighted by molar-refractivity contribution is -0.755. The van der Waals surface area contributed by atoms with Gasteiger partial charge in [0.25, 0.3) is 0 Å². The van der Waals surface area contributed by atoms with Crippen molar-refractivity contribution in [2.24, 2.45) is 5.41 Å². The molecule has 6 nitrogen and oxygen atoms in total. The van der Waals surface area contributed by atoms with Gasteiger partial charge in [0.2, 0.25) is 5.91 Å². The van der Waals surface area contributed by atoms with Gasteiger partial charge >= 0.3 is 0 Å². The number of aryl methyl sites for hydroxylation is 1. The molecule has 3 unspecified atom stereocenters. The maximum atomic E-state index is 13.9. The van der Waals surface area contributed by atoms with E-state index in [4.69, 9.17) is 15.1 Å². The van der Waals surface area contributed by atoms with Crippen LogP contribution >= 0.6 is 11.3 Å². The van der Waals surface area contributed by atoms with Gasteiger partial charge in [0.1, 0.15) is 0 Å². The van der Waals surface area contributed by atoms with Crippen LogP contribution in [0.2, 0.25) is 0 Å². The third-order valence-corrected chi connectivity index (χ3v) is 7.97. The first kappa shape index (κ1) is 28.0. The van der Waals surface area contributed by atoms with Crippen LogP contribution in [0.4, 0.5) is 5.13 Å². The fourth-order valence-electron chi connectivity index (χ4n) is 5.24. The van der Waals surface area contributed by atoms with Gasteiger partial charge in [-0.3, -0.25) is 4.79 Å². The maximum Gasteiger partial charge on any atom is 0.232 e. The van der Waals surface area contributed by atoms with Gasteiger partial charge in [-0.2, -0.15) is 0 Å². The molecule has 2 aromatic carbocycles. The summed E-state index contributed by atoms with van der Waals surface area (Å²) in [7, 11) is 0. The van der Waals surface area contributed by atoms with Crippen LogP contribution in [0.15, 0.2) is 78.7 Å². The molecule has 7 heteroatoms. The van der Waals surface area contributed by atoms with Crippen LogP contribution in [-0.2, 0) is 11.2 Å². The fourth-order valence-corrected chi connectivity index (χ4v) is 5.96. The highest BCUT2D eigenvalue weighted by molar-refractivity contribution is 7.14. The van der Waals surface area contributed by atoms with E-state index in [1.54, 1.807) is 0 Å². The monoisotopic (exact) mass is 518 g/mol. The molecule has 194 valence electrons. The molecule has 3 N–H and O–H groups in total. The number of hydrogen-bond donors (Lipinski definition) is 3. The number of hydrogen-bond acceptors (Lipinski definition) is 4. The molecule has 0 bridgehead atoms. The average molecular weight is 519 g/mol. The molecule has 3 atom stereocenters. The first-order valence-corrected chi connectivity index (χ1v) is 13.5. The van der Waals surface area contributed by atoms with E-state index in [0.29, 0.717) is 10.5 Å². The number of nitrogens with zero attached hydrogens (tertiary/aromatic N) is 1. The fraction of sp³-hybridized carbons (Fsp3) is 0.333. The summed E-state index contributed by atoms with van der Waals surface area (Å²) in [5, 5.41) is 13.1. The van der Waals surface area contributed by atoms with E-state index in [2.05, 4.69) is 86.4 Å². The molecule has 1 aromatic heterocycles. The Morgan fingerprint density at radius 1 is 1.22 bits per heavy atom. The van der Waals surface area contributed by atoms with Crippen LogP contribution in [0.1, 0.15) is 68.6 Å². The summed E-state index contributed by atoms with van der Waals surface area (Å²) in [6.45, 7) is 10.3. The molecule has 1 aliphatic carbocycles. The number of thiazole rings is 1. The van der Waals surface area contributed by atoms with Crippen molar-refractivity contribution in [1.82, 2.24) is 4.98 Å². The predicted molar refractivity (Wildman–Crippen MR) is 151 cm³/mol. The Kier molecular flexibility index (Phi) is 9.92. The van der Waals surface area contributed by atoms with E-state index in [0.717, 1.165) is 36.9 Å². The first-order chi connectivity index (χ1) is 17.9. The van der Waals surface area contributed by atoms with Crippen molar-refractivity contribution in [2.75, 3.05) is 5.32 Å². The quantitative estimate of drug-likeness (QED) is 0.239. The van der Waals surface area contributed by atoms with Crippen LogP contribution in [-0.4, -0.2) is 16.1 Å². The van der Waals surface area contributed by atoms with E-state index in [1.807, 2.05) is 18.4 Å². The van der Waals surface area contributed by atoms with Crippen molar-refractivity contribution in [3.05, 3.63) is 100 Å². The zero-order valence-electron chi connectivity index (χ0n) is 21.7. The summed E-state index contributed by atoms with van der Waals surface area (Å²) >= 11 is 1.49. The second kappa shape index (κ2) is 13.1. The molecule has 3 aromatic rings. The second-order valence-electron chi connectivity index (χ2n) is 9.46. The second-order valence-corrected chi connectivity index (χ2v) is 10.3. The number of carbonyl (C=O) groups excluding carboxylic acids is 1. The third kappa shape index (κ3) is 6.41. The summed E-state index contributed by atoms with van der Waals surface area (Å²) in [5.74, 6) is 0.449. The van der Waals surface area contributed by atoms with Gasteiger partial charge < -0.3 is 5.32 Å². The van der Waals surface area contributed by atoms with Crippen LogP contribution in [0.5, 0.6) is 0 Å². The Morgan fingerprint density at radius 3 is 2.51 bits per heavy atom. The average Bonchev–Trinajstić information content (AvgIpc) is 3.37. The Balaban J connectivity index is 0.00000121. The van der Waals surface area contributed by atoms with E-state index >= 15 is 0 Å². The minimum absolute atomic E-state index is 0.0489. The van der Waals surface area contributed by atoms with Gasteiger partial charge in [-0.25, -0.2) is 10.2 Å². The number of carbonyl (C=O) groups is 1. The van der Waals surface area contributed by atoms with Crippen molar-refractivity contribution in [3.8, 4) is 11.3 Å². The van der Waals surface area contributed by atoms with Crippen LogP contribution < -0.4 is 10.7 Å². The summed E-state index contributed by atoms with van der Waals surface area (Å²) in [6.07, 6.45) is 9.75. The normalized spacial score (nSPS) is 20.4. The number of benzene rings is 2. The first-order valence-electron chi connectivity index (χ1n) is 12.6. The summed E-state index contributed by atoms with van der Waals surface area (Å²) < 4.78 is 0. The standard InChI is InChI=1S/C30H34N2OS.HNO2/c1-5-8-14-26-25-13-10-9-12-24(25)23(11-6-2)19-30(26,4)28(33)32-29-31-27(20-34-29)22-17-15-21(7-3)16-18-22;2-1-3/h5-6,8-10,12-13,15-18,20,23,26H,2,7,11,14,19H2,1,3-4H3,(H,31,32,33);1H/p+1/b8-5-;. The minimum atomic E-state index is -0.545. The van der Waals surface area contributed by atoms with E-state index in [9.17, 15) is 4.79 Å². The Morgan fingerprint density at radius 2 is 1.89 bits per heavy atom. The molecular weight excluding hydrogens is 482 g/mol. The van der Waals surface area contributed by atoms with Crippen LogP contribution in [0.25, 0.3) is 11.3 Å². The number of amides is 1. The third-order valence-electron chi connectivity index (χ3n) is 7.21. The van der Waals surface area contributed by atoms with Gasteiger partial charge in [-0.1, -0.05) is 80.6 Å². The number of rotatable bonds is 8. The molecule has 0 spiro atoms. The Hall–Kier alpha value is -3.58. The van der Waals surface area contributed by atoms with Gasteiger partial charge in [0.15, 0.2) is 10.5 Å². The van der Waals surface area contributed by atoms with Gasteiger partial charge in [-0.15, -0.1) is 17.9 Å². The number of aromatic nitrogens is 1. The van der Waals surface area contributed by atoms with Crippen molar-refractivity contribution >= 4 is 22.4 Å². The summed E-state index contributed by atoms with van der Waals surface area (Å²) in [4.78, 5) is 26.8. The molecule has 1 amide bonds. The highest BCUT2D eigenvalue weighted by Crippen LogP contribution is 2.53. The molecule has 1 aliphatic rings. The smallest absolute Gasteiger partial charge is 0.232 e. The molecular formula is C30H36N3O3S+. The summed E-state index contributed by atoms with van der Waals surface area (Å²) in [6, 6.07) is 17.1. The van der Waals surface area contributed by atoms with Gasteiger partial charge in [0.05, 0.1) is 16.0 Å². The van der Waals surface area contributed by atoms with Crippen molar-refractivity contribution in [1.29, 1.82) is 0 Å². The Bertz CT molecular complexity index is 1230. The van der Waals surface area contributed by atoms with Gasteiger partial charge in [0, 0.05) is 16.9 Å². The SMILES string of the molecule is C=CCC1CC(C)(C(=O)Nc2nc(-c3ccc(CC)cc3)cs2)C(C/C=C\C)c2ccccc21.O=[NH+]O. The largest absolute Gasteiger partial charge is 0.301 e. The van der Waals surface area contributed by atoms with E-state index in [-0.39, 0.29) is 17.7 Å². The molecule has 0 fully saturated rings. The number of allylic oxidation sites excluding steroid dienone is 3. The van der Waals surface area contributed by atoms with E-state index in [1.165, 1.54) is 28.0 Å². The summed E-state index contributed by atoms with van der Waals surface area (Å²) in [5.41, 5.74) is 5.37. The highest BCUT2D eigenvalue weighted by Gasteiger charge is 2.47. The number of anilines is 1. The zero-order chi connectivity index (χ0) is 26.8. The Labute approximate surface area is 223 Å². The molecule has 0 saturated heterocycles. The molecule has 4 rings (SSSR count). The maximum absolute atomic E-state index is 13.9. The zero-order valence-corrected chi connectivity index (χ0v) is 22.6. The van der Waals surface area contributed by atoms with Crippen LogP contribution in [0, 0.1) is 10.3 Å². The molecule has 1 heterocycles. The highest BCUT2D eigenvalue weighted by atomic mass is 32.1. The lowest BCUT2D eigenvalue weighted by Crippen LogP contribution is -2.58. The minimum Gasteiger partial charge on any atom is -0.301 e. The van der Waals surface area contributed by atoms with E-state index < -0.39 is 5.41 Å². The number of nitrogens with one attached hydrogen (secondary N) is 2. The van der Waals surface area contributed by atoms with Crippen molar-refractivity contribution in [2.45, 2.75) is 58.3 Å². The number of fused-ring (bicyclic) bond motifs is 1. The van der Waals surface area contributed by atoms with Crippen molar-refractivity contribution in [3.63, 3.8) is 0 Å².